The highest BCUT2D eigenvalue weighted by Gasteiger charge is 2.23. The summed E-state index contributed by atoms with van der Waals surface area (Å²) >= 11 is 1.83. The van der Waals surface area contributed by atoms with Crippen LogP contribution in [0.1, 0.15) is 23.3 Å². The van der Waals surface area contributed by atoms with E-state index in [1.54, 1.807) is 0 Å². The zero-order valence-corrected chi connectivity index (χ0v) is 16.3. The first-order valence-corrected chi connectivity index (χ1v) is 10.7. The van der Waals surface area contributed by atoms with E-state index in [1.807, 2.05) is 29.5 Å². The maximum Gasteiger partial charge on any atom is 0.314 e. The number of hydrogen-bond donors (Lipinski definition) is 2. The molecule has 0 saturated carbocycles. The van der Waals surface area contributed by atoms with Crippen molar-refractivity contribution in [3.05, 3.63) is 52.2 Å². The van der Waals surface area contributed by atoms with Gasteiger partial charge in [-0.05, 0) is 54.9 Å². The maximum atomic E-state index is 12.1. The van der Waals surface area contributed by atoms with E-state index in [-0.39, 0.29) is 12.1 Å². The van der Waals surface area contributed by atoms with Gasteiger partial charge in [0.1, 0.15) is 11.9 Å². The molecule has 27 heavy (non-hydrogen) atoms. The van der Waals surface area contributed by atoms with E-state index in [0.29, 0.717) is 12.5 Å². The second kappa shape index (κ2) is 8.76. The molecule has 1 atom stereocenters. The lowest BCUT2D eigenvalue weighted by Gasteiger charge is -2.31. The van der Waals surface area contributed by atoms with Crippen molar-refractivity contribution in [2.45, 2.75) is 31.9 Å². The average Bonchev–Trinajstić information content (AvgIpc) is 3.35. The minimum Gasteiger partial charge on any atom is -0.488 e. The molecule has 2 aliphatic heterocycles. The molecule has 1 saturated heterocycles. The average molecular weight is 386 g/mol. The van der Waals surface area contributed by atoms with Crippen molar-refractivity contribution in [3.63, 3.8) is 0 Å². The molecule has 1 fully saturated rings. The number of thiophene rings is 1. The Balaban J connectivity index is 1.11. The van der Waals surface area contributed by atoms with Gasteiger partial charge in [-0.15, -0.1) is 11.3 Å². The van der Waals surface area contributed by atoms with Gasteiger partial charge in [-0.3, -0.25) is 4.90 Å². The smallest absolute Gasteiger partial charge is 0.314 e. The number of amides is 2. The van der Waals surface area contributed by atoms with E-state index in [2.05, 4.69) is 39.1 Å². The fourth-order valence-corrected chi connectivity index (χ4v) is 4.59. The second-order valence-corrected chi connectivity index (χ2v) is 8.47. The Hall–Kier alpha value is -2.05. The number of hydrogen-bond acceptors (Lipinski definition) is 4. The third kappa shape index (κ3) is 5.02. The Morgan fingerprint density at radius 1 is 1.11 bits per heavy atom. The Morgan fingerprint density at radius 3 is 2.70 bits per heavy atom. The molecule has 2 amide bonds. The molecule has 5 nitrogen and oxygen atoms in total. The zero-order valence-electron chi connectivity index (χ0n) is 15.5. The molecule has 1 aromatic heterocycles. The molecule has 1 aromatic carbocycles. The SMILES string of the molecule is O=C(NCC1CCN(Cc2cccs2)CC1)NCC1Cc2ccccc2O1. The Kier molecular flexibility index (Phi) is 5.94. The maximum absolute atomic E-state index is 12.1. The molecule has 3 heterocycles. The van der Waals surface area contributed by atoms with Gasteiger partial charge in [0.25, 0.3) is 0 Å². The van der Waals surface area contributed by atoms with Crippen molar-refractivity contribution in [1.29, 1.82) is 0 Å². The lowest BCUT2D eigenvalue weighted by atomic mass is 9.97. The molecule has 0 spiro atoms. The van der Waals surface area contributed by atoms with Gasteiger partial charge in [-0.25, -0.2) is 4.79 Å². The number of para-hydroxylation sites is 1. The summed E-state index contributed by atoms with van der Waals surface area (Å²) in [6.07, 6.45) is 3.19. The van der Waals surface area contributed by atoms with Gasteiger partial charge < -0.3 is 15.4 Å². The molecule has 2 aliphatic rings. The van der Waals surface area contributed by atoms with Crippen LogP contribution in [0.15, 0.2) is 41.8 Å². The van der Waals surface area contributed by atoms with E-state index in [0.717, 1.165) is 51.2 Å². The number of nitrogens with one attached hydrogen (secondary N) is 2. The highest BCUT2D eigenvalue weighted by molar-refractivity contribution is 7.09. The molecular weight excluding hydrogens is 358 g/mol. The molecule has 0 radical (unpaired) electrons. The highest BCUT2D eigenvalue weighted by atomic mass is 32.1. The first kappa shape index (κ1) is 18.3. The molecule has 4 rings (SSSR count). The minimum absolute atomic E-state index is 0.0358. The summed E-state index contributed by atoms with van der Waals surface area (Å²) in [7, 11) is 0. The van der Waals surface area contributed by atoms with E-state index >= 15 is 0 Å². The molecule has 2 aromatic rings. The fourth-order valence-electron chi connectivity index (χ4n) is 3.85. The monoisotopic (exact) mass is 385 g/mol. The number of piperidine rings is 1. The lowest BCUT2D eigenvalue weighted by Crippen LogP contribution is -2.44. The van der Waals surface area contributed by atoms with Gasteiger partial charge in [0.05, 0.1) is 6.54 Å². The number of fused-ring (bicyclic) bond motifs is 1. The van der Waals surface area contributed by atoms with Gasteiger partial charge in [0.15, 0.2) is 0 Å². The van der Waals surface area contributed by atoms with Crippen LogP contribution < -0.4 is 15.4 Å². The predicted octanol–water partition coefficient (Wildman–Crippen LogP) is 3.26. The fraction of sp³-hybridized carbons (Fsp3) is 0.476. The predicted molar refractivity (Wildman–Crippen MR) is 108 cm³/mol. The first-order chi connectivity index (χ1) is 13.3. The highest BCUT2D eigenvalue weighted by Crippen LogP contribution is 2.27. The van der Waals surface area contributed by atoms with E-state index in [9.17, 15) is 4.79 Å². The van der Waals surface area contributed by atoms with Crippen LogP contribution in [0.25, 0.3) is 0 Å². The van der Waals surface area contributed by atoms with Crippen LogP contribution in [0.2, 0.25) is 0 Å². The van der Waals surface area contributed by atoms with Crippen LogP contribution in [0, 0.1) is 5.92 Å². The number of rotatable bonds is 6. The number of likely N-dealkylation sites (tertiary alicyclic amines) is 1. The van der Waals surface area contributed by atoms with E-state index < -0.39 is 0 Å². The van der Waals surface area contributed by atoms with Crippen molar-refractivity contribution in [2.75, 3.05) is 26.2 Å². The van der Waals surface area contributed by atoms with Crippen LogP contribution in [-0.4, -0.2) is 43.2 Å². The summed E-state index contributed by atoms with van der Waals surface area (Å²) in [5.74, 6) is 1.52. The van der Waals surface area contributed by atoms with Gasteiger partial charge in [-0.1, -0.05) is 24.3 Å². The zero-order chi connectivity index (χ0) is 18.5. The van der Waals surface area contributed by atoms with Gasteiger partial charge in [0, 0.05) is 24.4 Å². The van der Waals surface area contributed by atoms with Crippen molar-refractivity contribution in [3.8, 4) is 5.75 Å². The molecule has 1 unspecified atom stereocenters. The van der Waals surface area contributed by atoms with Crippen molar-refractivity contribution >= 4 is 17.4 Å². The molecule has 0 bridgehead atoms. The molecule has 144 valence electrons. The Labute approximate surface area is 164 Å². The molecule has 0 aliphatic carbocycles. The summed E-state index contributed by atoms with van der Waals surface area (Å²) in [4.78, 5) is 16.0. The standard InChI is InChI=1S/C21H27N3O2S/c25-21(23-14-18-12-17-4-1-2-6-20(17)26-18)22-13-16-7-9-24(10-8-16)15-19-5-3-11-27-19/h1-6,11,16,18H,7-10,12-15H2,(H2,22,23,25). The summed E-state index contributed by atoms with van der Waals surface area (Å²) < 4.78 is 5.86. The van der Waals surface area contributed by atoms with Gasteiger partial charge in [0.2, 0.25) is 0 Å². The lowest BCUT2D eigenvalue weighted by molar-refractivity contribution is 0.175. The quantitative estimate of drug-likeness (QED) is 0.802. The normalized spacial score (nSPS) is 20.1. The number of carbonyl (C=O) groups is 1. The van der Waals surface area contributed by atoms with Crippen molar-refractivity contribution in [1.82, 2.24) is 15.5 Å². The van der Waals surface area contributed by atoms with Gasteiger partial charge >= 0.3 is 6.03 Å². The number of benzene rings is 1. The third-order valence-corrected chi connectivity index (χ3v) is 6.28. The molecular formula is C21H27N3O2S. The first-order valence-electron chi connectivity index (χ1n) is 9.77. The number of carbonyl (C=O) groups excluding carboxylic acids is 1. The van der Waals surface area contributed by atoms with Crippen LogP contribution in [0.4, 0.5) is 4.79 Å². The van der Waals surface area contributed by atoms with Crippen molar-refractivity contribution < 1.29 is 9.53 Å². The number of urea groups is 1. The van der Waals surface area contributed by atoms with Crippen LogP contribution in [-0.2, 0) is 13.0 Å². The summed E-state index contributed by atoms with van der Waals surface area (Å²) in [6, 6.07) is 12.3. The number of ether oxygens (including phenoxy) is 1. The van der Waals surface area contributed by atoms with Crippen molar-refractivity contribution in [2.24, 2.45) is 5.92 Å². The Morgan fingerprint density at radius 2 is 1.93 bits per heavy atom. The third-order valence-electron chi connectivity index (χ3n) is 5.42. The minimum atomic E-state index is -0.0874. The molecule has 6 heteroatoms. The summed E-state index contributed by atoms with van der Waals surface area (Å²) in [5, 5.41) is 8.13. The van der Waals surface area contributed by atoms with Gasteiger partial charge in [-0.2, -0.15) is 0 Å². The summed E-state index contributed by atoms with van der Waals surface area (Å²) in [6.45, 7) is 4.58. The van der Waals surface area contributed by atoms with Crippen LogP contribution >= 0.6 is 11.3 Å². The van der Waals surface area contributed by atoms with Crippen LogP contribution in [0.5, 0.6) is 5.75 Å². The largest absolute Gasteiger partial charge is 0.488 e. The Bertz CT molecular complexity index is 717. The van der Waals surface area contributed by atoms with E-state index in [1.165, 1.54) is 10.4 Å². The summed E-state index contributed by atoms with van der Waals surface area (Å²) in [5.41, 5.74) is 1.22. The van der Waals surface area contributed by atoms with E-state index in [4.69, 9.17) is 4.74 Å². The molecule has 2 N–H and O–H groups in total. The second-order valence-electron chi connectivity index (χ2n) is 7.44. The number of nitrogens with zero attached hydrogens (tertiary/aromatic N) is 1. The topological polar surface area (TPSA) is 53.6 Å². The van der Waals surface area contributed by atoms with Crippen LogP contribution in [0.3, 0.4) is 0 Å².